The number of hydrogen-bond acceptors (Lipinski definition) is 4. The summed E-state index contributed by atoms with van der Waals surface area (Å²) in [7, 11) is 0. The average Bonchev–Trinajstić information content (AvgIpc) is 3.37. The Bertz CT molecular complexity index is 908. The van der Waals surface area contributed by atoms with Gasteiger partial charge in [0.25, 0.3) is 0 Å². The van der Waals surface area contributed by atoms with Crippen molar-refractivity contribution in [3.63, 3.8) is 0 Å². The van der Waals surface area contributed by atoms with Gasteiger partial charge in [0.05, 0.1) is 6.61 Å². The van der Waals surface area contributed by atoms with Crippen molar-refractivity contribution in [3.05, 3.63) is 0 Å². The van der Waals surface area contributed by atoms with Gasteiger partial charge in [0.15, 0.2) is 0 Å². The van der Waals surface area contributed by atoms with Crippen molar-refractivity contribution in [2.24, 2.45) is 0 Å². The van der Waals surface area contributed by atoms with Crippen LogP contribution in [0.15, 0.2) is 0 Å². The molecule has 0 amide bonds. The largest absolute Gasteiger partial charge is 0.481 e. The molecule has 0 aliphatic rings. The van der Waals surface area contributed by atoms with E-state index in [1.165, 1.54) is 327 Å². The molecule has 71 heavy (non-hydrogen) atoms. The molecule has 0 spiro atoms. The number of aliphatic carboxylic acids is 1. The monoisotopic (exact) mass is 1010 g/mol. The number of aliphatic hydroxyl groups is 1. The minimum atomic E-state index is -0.653. The summed E-state index contributed by atoms with van der Waals surface area (Å²) >= 11 is 0. The van der Waals surface area contributed by atoms with Crippen LogP contribution in [0.5, 0.6) is 0 Å². The fraction of sp³-hybridized carbons (Fsp3) is 0.970. The van der Waals surface area contributed by atoms with Crippen LogP contribution in [0.4, 0.5) is 0 Å². The molecule has 5 heteroatoms. The van der Waals surface area contributed by atoms with Crippen molar-refractivity contribution in [1.29, 1.82) is 0 Å². The third kappa shape index (κ3) is 80.5. The van der Waals surface area contributed by atoms with Gasteiger partial charge in [-0.3, -0.25) is 9.59 Å². The predicted octanol–water partition coefficient (Wildman–Crippen LogP) is 23.3. The quantitative estimate of drug-likeness (QED) is 0.0468. The zero-order chi connectivity index (χ0) is 52.3. The van der Waals surface area contributed by atoms with Gasteiger partial charge in [-0.05, 0) is 25.7 Å². The van der Waals surface area contributed by atoms with Crippen LogP contribution in [0.1, 0.15) is 400 Å². The van der Waals surface area contributed by atoms with E-state index in [0.717, 1.165) is 32.1 Å². The van der Waals surface area contributed by atoms with Crippen LogP contribution in [0.2, 0.25) is 0 Å². The van der Waals surface area contributed by atoms with Gasteiger partial charge < -0.3 is 14.9 Å². The van der Waals surface area contributed by atoms with Crippen LogP contribution in [-0.4, -0.2) is 35.4 Å². The van der Waals surface area contributed by atoms with Crippen molar-refractivity contribution in [1.82, 2.24) is 0 Å². The zero-order valence-corrected chi connectivity index (χ0v) is 49.5. The van der Waals surface area contributed by atoms with E-state index >= 15 is 0 Å². The van der Waals surface area contributed by atoms with Crippen LogP contribution >= 0.6 is 0 Å². The Hall–Kier alpha value is -1.10. The van der Waals surface area contributed by atoms with Crippen LogP contribution in [0.25, 0.3) is 0 Å². The summed E-state index contributed by atoms with van der Waals surface area (Å²) in [4.78, 5) is 22.2. The summed E-state index contributed by atoms with van der Waals surface area (Å²) in [5.41, 5.74) is 0. The second-order valence-corrected chi connectivity index (χ2v) is 22.2. The summed E-state index contributed by atoms with van der Waals surface area (Å²) in [5.74, 6) is -0.627. The van der Waals surface area contributed by atoms with Crippen LogP contribution < -0.4 is 0 Å². The number of esters is 1. The van der Waals surface area contributed by atoms with E-state index < -0.39 is 5.97 Å². The highest BCUT2D eigenvalue weighted by molar-refractivity contribution is 5.69. The van der Waals surface area contributed by atoms with Crippen molar-refractivity contribution >= 4 is 11.9 Å². The lowest BCUT2D eigenvalue weighted by Gasteiger charge is -2.06. The van der Waals surface area contributed by atoms with Gasteiger partial charge in [-0.15, -0.1) is 0 Å². The van der Waals surface area contributed by atoms with E-state index in [1.54, 1.807) is 0 Å². The Morgan fingerprint density at radius 3 is 0.648 bits per heavy atom. The molecule has 0 aromatic rings. The Kier molecular flexibility index (Phi) is 76.4. The topological polar surface area (TPSA) is 83.8 Å². The molecular formula is C66H134O5. The van der Waals surface area contributed by atoms with E-state index in [1.807, 2.05) is 0 Å². The molecule has 0 radical (unpaired) electrons. The number of carboxylic acid groups (broad SMARTS) is 1. The summed E-state index contributed by atoms with van der Waals surface area (Å²) in [5, 5.41) is 17.2. The van der Waals surface area contributed by atoms with Crippen molar-refractivity contribution in [2.75, 3.05) is 13.2 Å². The second kappa shape index (κ2) is 73.1. The maximum absolute atomic E-state index is 11.9. The second-order valence-electron chi connectivity index (χ2n) is 22.2. The number of unbranched alkanes of at least 4 members (excludes halogenated alkanes) is 52. The lowest BCUT2D eigenvalue weighted by molar-refractivity contribution is -0.144. The minimum Gasteiger partial charge on any atom is -0.481 e. The lowest BCUT2D eigenvalue weighted by atomic mass is 10.0. The molecule has 0 fully saturated rings. The summed E-state index contributed by atoms with van der Waals surface area (Å²) in [6, 6.07) is 0. The Labute approximate surface area is 447 Å². The predicted molar refractivity (Wildman–Crippen MR) is 316 cm³/mol. The van der Waals surface area contributed by atoms with Gasteiger partial charge in [0.2, 0.25) is 0 Å². The molecule has 0 saturated heterocycles. The van der Waals surface area contributed by atoms with Gasteiger partial charge in [0, 0.05) is 19.4 Å². The highest BCUT2D eigenvalue weighted by atomic mass is 16.5. The molecule has 0 bridgehead atoms. The third-order valence-corrected chi connectivity index (χ3v) is 14.8. The summed E-state index contributed by atoms with van der Waals surface area (Å²) in [6.45, 7) is 10.1. The SMILES string of the molecule is CCCCCCCCCCCCCCCCCC(=O)O.CCCCCCCCCCCCCCCCO.CCCCCCCCCCCCCCCCOC(=O)CCCCCCCCCCCCCCC. The molecule has 2 N–H and O–H groups in total. The van der Waals surface area contributed by atoms with E-state index in [-0.39, 0.29) is 5.97 Å². The number of ether oxygens (including phenoxy) is 1. The van der Waals surface area contributed by atoms with Gasteiger partial charge >= 0.3 is 11.9 Å². The fourth-order valence-corrected chi connectivity index (χ4v) is 9.80. The first-order valence-corrected chi connectivity index (χ1v) is 33.0. The van der Waals surface area contributed by atoms with E-state index in [2.05, 4.69) is 27.7 Å². The van der Waals surface area contributed by atoms with E-state index in [0.29, 0.717) is 26.1 Å². The first kappa shape index (κ1) is 74.1. The van der Waals surface area contributed by atoms with Gasteiger partial charge in [-0.2, -0.15) is 0 Å². The zero-order valence-electron chi connectivity index (χ0n) is 49.5. The Morgan fingerprint density at radius 1 is 0.254 bits per heavy atom. The molecule has 0 aromatic heterocycles. The Morgan fingerprint density at radius 2 is 0.437 bits per heavy atom. The number of hydrogen-bond donors (Lipinski definition) is 2. The molecule has 0 saturated carbocycles. The number of aliphatic hydroxyl groups excluding tert-OH is 1. The molecule has 0 heterocycles. The molecule has 0 atom stereocenters. The Balaban J connectivity index is -0.00000106. The van der Waals surface area contributed by atoms with Gasteiger partial charge in [0.1, 0.15) is 0 Å². The highest BCUT2D eigenvalue weighted by Gasteiger charge is 2.03. The maximum Gasteiger partial charge on any atom is 0.305 e. The molecule has 0 aliphatic heterocycles. The highest BCUT2D eigenvalue weighted by Crippen LogP contribution is 2.17. The molecule has 0 aromatic carbocycles. The molecule has 5 nitrogen and oxygen atoms in total. The molecule has 428 valence electrons. The van der Waals surface area contributed by atoms with E-state index in [9.17, 15) is 9.59 Å². The first-order valence-electron chi connectivity index (χ1n) is 33.0. The summed E-state index contributed by atoms with van der Waals surface area (Å²) in [6.07, 6.45) is 76.6. The number of carboxylic acids is 1. The minimum absolute atomic E-state index is 0.0257. The standard InChI is InChI=1S/C32H64O2.C18H36O2.C16H34O/c1-3-5-7-9-11-13-15-17-19-21-23-25-27-29-31-34-32(33)30-28-26-24-22-20-18-16-14-12-10-8-6-4-2;1-2-3-4-5-6-7-8-9-10-11-12-13-14-15-16-17-18(19)20;1-2-3-4-5-6-7-8-9-10-11-12-13-14-15-16-17/h3-31H2,1-2H3;2-17H2,1H3,(H,19,20);17H,2-16H2,1H3. The summed E-state index contributed by atoms with van der Waals surface area (Å²) < 4.78 is 5.42. The van der Waals surface area contributed by atoms with Crippen LogP contribution in [-0.2, 0) is 14.3 Å². The number of carbonyl (C=O) groups excluding carboxylic acids is 1. The van der Waals surface area contributed by atoms with Crippen molar-refractivity contribution in [2.45, 2.75) is 400 Å². The third-order valence-electron chi connectivity index (χ3n) is 14.8. The van der Waals surface area contributed by atoms with Crippen molar-refractivity contribution < 1.29 is 24.5 Å². The van der Waals surface area contributed by atoms with Gasteiger partial charge in [-0.1, -0.05) is 362 Å². The fourth-order valence-electron chi connectivity index (χ4n) is 9.80. The smallest absolute Gasteiger partial charge is 0.305 e. The number of carbonyl (C=O) groups is 2. The molecular weight excluding hydrogens is 873 g/mol. The lowest BCUT2D eigenvalue weighted by Crippen LogP contribution is -2.05. The van der Waals surface area contributed by atoms with Gasteiger partial charge in [-0.25, -0.2) is 0 Å². The van der Waals surface area contributed by atoms with Crippen molar-refractivity contribution in [3.8, 4) is 0 Å². The van der Waals surface area contributed by atoms with Crippen LogP contribution in [0.3, 0.4) is 0 Å². The molecule has 0 unspecified atom stereocenters. The normalized spacial score (nSPS) is 11.1. The van der Waals surface area contributed by atoms with E-state index in [4.69, 9.17) is 14.9 Å². The molecule has 0 rings (SSSR count). The average molecular weight is 1010 g/mol. The number of rotatable bonds is 59. The maximum atomic E-state index is 11.9. The molecule has 0 aliphatic carbocycles. The van der Waals surface area contributed by atoms with Crippen LogP contribution in [0, 0.1) is 0 Å². The first-order chi connectivity index (χ1) is 35.0.